The lowest BCUT2D eigenvalue weighted by Crippen LogP contribution is -2.12. The average molecular weight is 317 g/mol. The maximum absolute atomic E-state index is 11.8. The Morgan fingerprint density at radius 2 is 2.11 bits per heavy atom. The molecule has 0 aliphatic rings. The molecule has 0 aliphatic carbocycles. The predicted octanol–water partition coefficient (Wildman–Crippen LogP) is 1.78. The maximum atomic E-state index is 11.8. The Bertz CT molecular complexity index is 458. The molecule has 0 fully saturated rings. The summed E-state index contributed by atoms with van der Waals surface area (Å²) in [5.74, 6) is -1.18. The Balaban J connectivity index is 3.17. The minimum absolute atomic E-state index is 0.154. The van der Waals surface area contributed by atoms with Gasteiger partial charge in [-0.05, 0) is 17.7 Å². The number of carboxylic acid groups (broad SMARTS) is 1. The molecule has 1 aromatic carbocycles. The van der Waals surface area contributed by atoms with Crippen molar-refractivity contribution in [3.8, 4) is 5.75 Å². The van der Waals surface area contributed by atoms with Gasteiger partial charge >= 0.3 is 5.97 Å². The van der Waals surface area contributed by atoms with Crippen LogP contribution in [0.5, 0.6) is 5.75 Å². The van der Waals surface area contributed by atoms with Crippen molar-refractivity contribution in [3.63, 3.8) is 0 Å². The van der Waals surface area contributed by atoms with Crippen LogP contribution in [0.4, 0.5) is 0 Å². The monoisotopic (exact) mass is 316 g/mol. The van der Waals surface area contributed by atoms with Crippen molar-refractivity contribution >= 4 is 27.7 Å². The predicted molar refractivity (Wildman–Crippen MR) is 68.3 cm³/mol. The highest BCUT2D eigenvalue weighted by atomic mass is 79.9. The van der Waals surface area contributed by atoms with E-state index in [9.17, 15) is 14.7 Å². The van der Waals surface area contributed by atoms with Crippen LogP contribution in [0.1, 0.15) is 28.4 Å². The van der Waals surface area contributed by atoms with Gasteiger partial charge in [0.15, 0.2) is 11.9 Å². The van der Waals surface area contributed by atoms with E-state index >= 15 is 0 Å². The summed E-state index contributed by atoms with van der Waals surface area (Å²) < 4.78 is 5.04. The minimum Gasteiger partial charge on any atom is -0.496 e. The number of benzene rings is 1. The van der Waals surface area contributed by atoms with Crippen LogP contribution in [0.2, 0.25) is 0 Å². The molecule has 0 heterocycles. The van der Waals surface area contributed by atoms with Gasteiger partial charge in [0.2, 0.25) is 0 Å². The Kier molecular flexibility index (Phi) is 5.30. The van der Waals surface area contributed by atoms with Gasteiger partial charge in [-0.1, -0.05) is 22.0 Å². The molecule has 0 spiro atoms. The van der Waals surface area contributed by atoms with Crippen molar-refractivity contribution in [2.75, 3.05) is 12.4 Å². The lowest BCUT2D eigenvalue weighted by molar-refractivity contribution is -0.146. The molecule has 0 saturated heterocycles. The SMILES string of the molecule is COc1ccc(C(O)C(=O)O)cc1C(=O)CCBr. The highest BCUT2D eigenvalue weighted by Crippen LogP contribution is 2.25. The largest absolute Gasteiger partial charge is 0.496 e. The Hall–Kier alpha value is -1.40. The van der Waals surface area contributed by atoms with Gasteiger partial charge in [0.1, 0.15) is 5.75 Å². The maximum Gasteiger partial charge on any atom is 0.337 e. The molecule has 0 saturated carbocycles. The summed E-state index contributed by atoms with van der Waals surface area (Å²) in [6.07, 6.45) is -1.38. The smallest absolute Gasteiger partial charge is 0.337 e. The first-order valence-electron chi connectivity index (χ1n) is 5.19. The molecular formula is C12H13BrO5. The van der Waals surface area contributed by atoms with Gasteiger partial charge in [0.05, 0.1) is 12.7 Å². The third kappa shape index (κ3) is 3.30. The molecule has 5 nitrogen and oxygen atoms in total. The van der Waals surface area contributed by atoms with Crippen LogP contribution in [-0.4, -0.2) is 34.4 Å². The molecule has 1 aromatic rings. The standard InChI is InChI=1S/C12H13BrO5/c1-18-10-3-2-7(11(15)12(16)17)6-8(10)9(14)4-5-13/h2-3,6,11,15H,4-5H2,1H3,(H,16,17). The van der Waals surface area contributed by atoms with Gasteiger partial charge in [0, 0.05) is 11.8 Å². The normalized spacial score (nSPS) is 11.9. The van der Waals surface area contributed by atoms with Crippen LogP contribution in [0.15, 0.2) is 18.2 Å². The molecule has 0 aromatic heterocycles. The van der Waals surface area contributed by atoms with Crippen LogP contribution in [0.25, 0.3) is 0 Å². The molecule has 0 aliphatic heterocycles. The number of ether oxygens (including phenoxy) is 1. The molecule has 0 amide bonds. The summed E-state index contributed by atoms with van der Waals surface area (Å²) in [6.45, 7) is 0. The summed E-state index contributed by atoms with van der Waals surface area (Å²) >= 11 is 3.16. The summed E-state index contributed by atoms with van der Waals surface area (Å²) in [7, 11) is 1.42. The fourth-order valence-electron chi connectivity index (χ4n) is 1.48. The number of hydrogen-bond acceptors (Lipinski definition) is 4. The van der Waals surface area contributed by atoms with Gasteiger partial charge in [-0.15, -0.1) is 0 Å². The second-order valence-corrected chi connectivity index (χ2v) is 4.36. The van der Waals surface area contributed by atoms with Crippen LogP contribution in [0, 0.1) is 0 Å². The van der Waals surface area contributed by atoms with Crippen molar-refractivity contribution in [3.05, 3.63) is 29.3 Å². The third-order valence-corrected chi connectivity index (χ3v) is 2.79. The zero-order valence-electron chi connectivity index (χ0n) is 9.72. The Morgan fingerprint density at radius 3 is 2.61 bits per heavy atom. The van der Waals surface area contributed by atoms with E-state index in [1.165, 1.54) is 25.3 Å². The molecule has 98 valence electrons. The van der Waals surface area contributed by atoms with E-state index in [-0.39, 0.29) is 23.3 Å². The molecule has 1 rings (SSSR count). The third-order valence-electron chi connectivity index (χ3n) is 2.40. The first kappa shape index (κ1) is 14.7. The summed E-state index contributed by atoms with van der Waals surface area (Å²) in [6, 6.07) is 4.24. The zero-order valence-corrected chi connectivity index (χ0v) is 11.3. The average Bonchev–Trinajstić information content (AvgIpc) is 2.37. The number of carbonyl (C=O) groups is 2. The highest BCUT2D eigenvalue weighted by Gasteiger charge is 2.19. The fourth-order valence-corrected chi connectivity index (χ4v) is 1.84. The number of alkyl halides is 1. The number of aliphatic carboxylic acids is 1. The second kappa shape index (κ2) is 6.51. The molecule has 2 N–H and O–H groups in total. The van der Waals surface area contributed by atoms with E-state index in [1.807, 2.05) is 0 Å². The zero-order chi connectivity index (χ0) is 13.7. The number of carbonyl (C=O) groups excluding carboxylic acids is 1. The van der Waals surface area contributed by atoms with Crippen molar-refractivity contribution in [2.24, 2.45) is 0 Å². The van der Waals surface area contributed by atoms with E-state index in [0.717, 1.165) is 0 Å². The van der Waals surface area contributed by atoms with Crippen LogP contribution < -0.4 is 4.74 Å². The summed E-state index contributed by atoms with van der Waals surface area (Å²) in [4.78, 5) is 22.5. The topological polar surface area (TPSA) is 83.8 Å². The molecule has 18 heavy (non-hydrogen) atoms. The number of rotatable bonds is 6. The van der Waals surface area contributed by atoms with E-state index in [2.05, 4.69) is 15.9 Å². The quantitative estimate of drug-likeness (QED) is 0.617. The van der Waals surface area contributed by atoms with E-state index in [4.69, 9.17) is 9.84 Å². The van der Waals surface area contributed by atoms with Crippen molar-refractivity contribution in [1.82, 2.24) is 0 Å². The number of halogens is 1. The van der Waals surface area contributed by atoms with Gasteiger partial charge in [-0.3, -0.25) is 4.79 Å². The van der Waals surface area contributed by atoms with E-state index in [1.54, 1.807) is 0 Å². The van der Waals surface area contributed by atoms with Crippen molar-refractivity contribution < 1.29 is 24.5 Å². The van der Waals surface area contributed by atoms with E-state index in [0.29, 0.717) is 11.1 Å². The lowest BCUT2D eigenvalue weighted by atomic mass is 10.0. The van der Waals surface area contributed by atoms with Gasteiger partial charge in [-0.25, -0.2) is 4.79 Å². The van der Waals surface area contributed by atoms with Gasteiger partial charge in [0.25, 0.3) is 0 Å². The van der Waals surface area contributed by atoms with Gasteiger partial charge < -0.3 is 14.9 Å². The fraction of sp³-hybridized carbons (Fsp3) is 0.333. The first-order valence-corrected chi connectivity index (χ1v) is 6.31. The molecule has 1 atom stereocenters. The van der Waals surface area contributed by atoms with Crippen LogP contribution in [-0.2, 0) is 4.79 Å². The van der Waals surface area contributed by atoms with Crippen LogP contribution in [0.3, 0.4) is 0 Å². The summed E-state index contributed by atoms with van der Waals surface area (Å²) in [5, 5.41) is 18.7. The van der Waals surface area contributed by atoms with E-state index < -0.39 is 12.1 Å². The molecule has 1 unspecified atom stereocenters. The molecule has 6 heteroatoms. The number of aliphatic hydroxyl groups is 1. The number of Topliss-reactive ketones (excluding diaryl/α,β-unsaturated/α-hetero) is 1. The second-order valence-electron chi connectivity index (χ2n) is 3.56. The highest BCUT2D eigenvalue weighted by molar-refractivity contribution is 9.09. The number of aliphatic hydroxyl groups excluding tert-OH is 1. The Labute approximate surface area is 113 Å². The molecule has 0 radical (unpaired) electrons. The number of ketones is 1. The minimum atomic E-state index is -1.65. The number of carboxylic acids is 1. The van der Waals surface area contributed by atoms with Crippen molar-refractivity contribution in [2.45, 2.75) is 12.5 Å². The van der Waals surface area contributed by atoms with Crippen LogP contribution >= 0.6 is 15.9 Å². The van der Waals surface area contributed by atoms with Gasteiger partial charge in [-0.2, -0.15) is 0 Å². The summed E-state index contributed by atoms with van der Waals surface area (Å²) in [5.41, 5.74) is 0.427. The Morgan fingerprint density at radius 1 is 1.44 bits per heavy atom. The first-order chi connectivity index (χ1) is 8.51. The number of hydrogen-bond donors (Lipinski definition) is 2. The molecular weight excluding hydrogens is 304 g/mol. The molecule has 0 bridgehead atoms. The lowest BCUT2D eigenvalue weighted by Gasteiger charge is -2.11. The van der Waals surface area contributed by atoms with Crippen molar-refractivity contribution in [1.29, 1.82) is 0 Å². The number of methoxy groups -OCH3 is 1.